The van der Waals surface area contributed by atoms with Crippen molar-refractivity contribution in [2.75, 3.05) is 17.0 Å². The van der Waals surface area contributed by atoms with E-state index in [-0.39, 0.29) is 5.75 Å². The molecule has 0 aliphatic carbocycles. The maximum absolute atomic E-state index is 11.9. The highest BCUT2D eigenvalue weighted by Gasteiger charge is 2.13. The Morgan fingerprint density at radius 1 is 1.37 bits per heavy atom. The third-order valence-corrected chi connectivity index (χ3v) is 4.03. The van der Waals surface area contributed by atoms with Crippen LogP contribution in [0, 0.1) is 6.92 Å². The number of aromatic nitrogens is 2. The van der Waals surface area contributed by atoms with E-state index in [4.69, 9.17) is 0 Å². The van der Waals surface area contributed by atoms with Gasteiger partial charge >= 0.3 is 0 Å². The minimum atomic E-state index is -3.28. The first-order chi connectivity index (χ1) is 8.80. The van der Waals surface area contributed by atoms with Crippen LogP contribution in [0.2, 0.25) is 0 Å². The molecular formula is C12H24N4O2S. The van der Waals surface area contributed by atoms with Crippen molar-refractivity contribution < 1.29 is 8.42 Å². The summed E-state index contributed by atoms with van der Waals surface area (Å²) in [5.41, 5.74) is 1.25. The van der Waals surface area contributed by atoms with Crippen LogP contribution in [0.15, 0.2) is 6.20 Å². The van der Waals surface area contributed by atoms with E-state index in [0.29, 0.717) is 23.8 Å². The van der Waals surface area contributed by atoms with E-state index in [1.165, 1.54) is 0 Å². The Morgan fingerprint density at radius 3 is 2.58 bits per heavy atom. The lowest BCUT2D eigenvalue weighted by Crippen LogP contribution is -2.24. The Bertz CT molecular complexity index is 494. The van der Waals surface area contributed by atoms with Crippen LogP contribution in [-0.2, 0) is 17.1 Å². The number of unbranched alkanes of at least 4 members (excludes halogenated alkanes) is 1. The fourth-order valence-corrected chi connectivity index (χ4v) is 2.95. The second-order valence-electron chi connectivity index (χ2n) is 5.04. The molecule has 0 bridgehead atoms. The van der Waals surface area contributed by atoms with E-state index in [1.54, 1.807) is 24.9 Å². The first-order valence-electron chi connectivity index (χ1n) is 6.54. The van der Waals surface area contributed by atoms with E-state index in [1.807, 2.05) is 0 Å². The third kappa shape index (κ3) is 6.07. The van der Waals surface area contributed by atoms with Crippen LogP contribution in [-0.4, -0.2) is 36.5 Å². The van der Waals surface area contributed by atoms with Crippen molar-refractivity contribution in [2.45, 2.75) is 39.7 Å². The molecule has 0 aliphatic heterocycles. The zero-order chi connectivity index (χ0) is 14.5. The van der Waals surface area contributed by atoms with Crippen molar-refractivity contribution in [3.63, 3.8) is 0 Å². The molecule has 0 radical (unpaired) electrons. The van der Waals surface area contributed by atoms with E-state index in [0.717, 1.165) is 13.0 Å². The average Bonchev–Trinajstić information content (AvgIpc) is 2.55. The fraction of sp³-hybridized carbons (Fsp3) is 0.750. The number of aryl methyl sites for hydroxylation is 2. The maximum atomic E-state index is 11.9. The molecule has 0 aromatic carbocycles. The molecule has 2 N–H and O–H groups in total. The van der Waals surface area contributed by atoms with Gasteiger partial charge in [0.2, 0.25) is 10.0 Å². The molecule has 1 aromatic rings. The van der Waals surface area contributed by atoms with Crippen LogP contribution in [0.1, 0.15) is 32.4 Å². The van der Waals surface area contributed by atoms with E-state index < -0.39 is 10.0 Å². The Labute approximate surface area is 115 Å². The number of nitrogens with one attached hydrogen (secondary N) is 2. The van der Waals surface area contributed by atoms with Crippen molar-refractivity contribution >= 4 is 15.7 Å². The van der Waals surface area contributed by atoms with Gasteiger partial charge in [0.1, 0.15) is 0 Å². The fourth-order valence-electron chi connectivity index (χ4n) is 1.73. The third-order valence-electron chi connectivity index (χ3n) is 2.67. The van der Waals surface area contributed by atoms with Gasteiger partial charge in [-0.15, -0.1) is 0 Å². The monoisotopic (exact) mass is 288 g/mol. The maximum Gasteiger partial charge on any atom is 0.232 e. The molecule has 1 heterocycles. The lowest BCUT2D eigenvalue weighted by Gasteiger charge is -2.09. The number of anilines is 1. The predicted molar refractivity (Wildman–Crippen MR) is 77.7 cm³/mol. The van der Waals surface area contributed by atoms with Crippen molar-refractivity contribution in [2.24, 2.45) is 7.05 Å². The quantitative estimate of drug-likeness (QED) is 0.706. The zero-order valence-electron chi connectivity index (χ0n) is 12.1. The zero-order valence-corrected chi connectivity index (χ0v) is 12.9. The highest BCUT2D eigenvalue weighted by molar-refractivity contribution is 7.92. The molecule has 1 rings (SSSR count). The summed E-state index contributed by atoms with van der Waals surface area (Å²) in [4.78, 5) is 0. The standard InChI is InChI=1S/C12H24N4O2S/c1-10(2)13-7-5-6-8-19(17,18)15-12-9-16(4)14-11(12)3/h9-10,13,15H,5-8H2,1-4H3. The first-order valence-corrected chi connectivity index (χ1v) is 8.19. The van der Waals surface area contributed by atoms with Crippen molar-refractivity contribution in [1.82, 2.24) is 15.1 Å². The Balaban J connectivity index is 2.38. The minimum absolute atomic E-state index is 0.140. The summed E-state index contributed by atoms with van der Waals surface area (Å²) in [5, 5.41) is 7.37. The number of hydrogen-bond donors (Lipinski definition) is 2. The van der Waals surface area contributed by atoms with Gasteiger partial charge in [0.15, 0.2) is 0 Å². The number of sulfonamides is 1. The Kier molecular flexibility index (Phi) is 5.81. The molecule has 19 heavy (non-hydrogen) atoms. The Hall–Kier alpha value is -1.08. The van der Waals surface area contributed by atoms with Gasteiger partial charge in [0, 0.05) is 19.3 Å². The van der Waals surface area contributed by atoms with Crippen LogP contribution in [0.3, 0.4) is 0 Å². The summed E-state index contributed by atoms with van der Waals surface area (Å²) in [6, 6.07) is 0.438. The van der Waals surface area contributed by atoms with Crippen LogP contribution in [0.5, 0.6) is 0 Å². The van der Waals surface area contributed by atoms with Crippen molar-refractivity contribution in [3.8, 4) is 0 Å². The molecule has 0 aliphatic rings. The molecule has 0 spiro atoms. The highest BCUT2D eigenvalue weighted by atomic mass is 32.2. The predicted octanol–water partition coefficient (Wildman–Crippen LogP) is 1.25. The van der Waals surface area contributed by atoms with Crippen LogP contribution in [0.25, 0.3) is 0 Å². The molecule has 0 saturated carbocycles. The smallest absolute Gasteiger partial charge is 0.232 e. The van der Waals surface area contributed by atoms with E-state index in [2.05, 4.69) is 29.0 Å². The van der Waals surface area contributed by atoms with Crippen molar-refractivity contribution in [3.05, 3.63) is 11.9 Å². The Morgan fingerprint density at radius 2 is 2.05 bits per heavy atom. The van der Waals surface area contributed by atoms with E-state index >= 15 is 0 Å². The van der Waals surface area contributed by atoms with Crippen LogP contribution < -0.4 is 10.0 Å². The lowest BCUT2D eigenvalue weighted by molar-refractivity contribution is 0.561. The van der Waals surface area contributed by atoms with Gasteiger partial charge in [-0.05, 0) is 26.3 Å². The van der Waals surface area contributed by atoms with Gasteiger partial charge in [-0.2, -0.15) is 5.10 Å². The molecule has 0 fully saturated rings. The van der Waals surface area contributed by atoms with Gasteiger partial charge < -0.3 is 5.32 Å². The number of nitrogens with zero attached hydrogens (tertiary/aromatic N) is 2. The van der Waals surface area contributed by atoms with Gasteiger partial charge in [0.25, 0.3) is 0 Å². The summed E-state index contributed by atoms with van der Waals surface area (Å²) in [6.45, 7) is 6.77. The molecular weight excluding hydrogens is 264 g/mol. The summed E-state index contributed by atoms with van der Waals surface area (Å²) < 4.78 is 28.0. The second-order valence-corrected chi connectivity index (χ2v) is 6.88. The molecule has 7 heteroatoms. The van der Waals surface area contributed by atoms with Gasteiger partial charge in [-0.25, -0.2) is 8.42 Å². The summed E-state index contributed by atoms with van der Waals surface area (Å²) in [7, 11) is -1.51. The number of rotatable bonds is 8. The summed E-state index contributed by atoms with van der Waals surface area (Å²) in [5.74, 6) is 0.140. The second kappa shape index (κ2) is 6.91. The minimum Gasteiger partial charge on any atom is -0.315 e. The van der Waals surface area contributed by atoms with Gasteiger partial charge in [-0.1, -0.05) is 13.8 Å². The van der Waals surface area contributed by atoms with Gasteiger partial charge in [-0.3, -0.25) is 9.40 Å². The topological polar surface area (TPSA) is 76.0 Å². The van der Waals surface area contributed by atoms with Gasteiger partial charge in [0.05, 0.1) is 17.1 Å². The lowest BCUT2D eigenvalue weighted by atomic mass is 10.3. The molecule has 6 nitrogen and oxygen atoms in total. The summed E-state index contributed by atoms with van der Waals surface area (Å²) >= 11 is 0. The largest absolute Gasteiger partial charge is 0.315 e. The molecule has 1 aromatic heterocycles. The molecule has 110 valence electrons. The van der Waals surface area contributed by atoms with Crippen molar-refractivity contribution in [1.29, 1.82) is 0 Å². The first kappa shape index (κ1) is 16.0. The molecule has 0 amide bonds. The number of hydrogen-bond acceptors (Lipinski definition) is 4. The normalized spacial score (nSPS) is 12.1. The summed E-state index contributed by atoms with van der Waals surface area (Å²) in [6.07, 6.45) is 3.17. The molecule has 0 unspecified atom stereocenters. The highest BCUT2D eigenvalue weighted by Crippen LogP contribution is 2.13. The van der Waals surface area contributed by atoms with Crippen LogP contribution in [0.4, 0.5) is 5.69 Å². The molecule has 0 saturated heterocycles. The SMILES string of the molecule is Cc1nn(C)cc1NS(=O)(=O)CCCCNC(C)C. The average molecular weight is 288 g/mol. The van der Waals surface area contributed by atoms with Crippen LogP contribution >= 0.6 is 0 Å². The molecule has 0 atom stereocenters. The van der Waals surface area contributed by atoms with E-state index in [9.17, 15) is 8.42 Å².